The maximum Gasteiger partial charge on any atom is 0.321 e. The molecule has 1 atom stereocenters. The number of nitrogens with one attached hydrogen (secondary N) is 2. The molecule has 3 amide bonds. The van der Waals surface area contributed by atoms with Crippen molar-refractivity contribution in [3.63, 3.8) is 0 Å². The summed E-state index contributed by atoms with van der Waals surface area (Å²) in [6, 6.07) is -1.05. The first-order valence-corrected chi connectivity index (χ1v) is 9.11. The summed E-state index contributed by atoms with van der Waals surface area (Å²) in [4.78, 5) is 25.4. The van der Waals surface area contributed by atoms with Crippen molar-refractivity contribution in [3.8, 4) is 0 Å². The second-order valence-electron chi connectivity index (χ2n) is 5.63. The molecule has 8 nitrogen and oxygen atoms in total. The lowest BCUT2D eigenvalue weighted by atomic mass is 10.2. The fourth-order valence-electron chi connectivity index (χ4n) is 2.23. The Morgan fingerprint density at radius 3 is 2.09 bits per heavy atom. The van der Waals surface area contributed by atoms with E-state index < -0.39 is 22.1 Å². The lowest BCUT2D eigenvalue weighted by molar-refractivity contribution is -0.125. The van der Waals surface area contributed by atoms with Crippen LogP contribution < -0.4 is 10.6 Å². The van der Waals surface area contributed by atoms with Crippen molar-refractivity contribution < 1.29 is 18.0 Å². The van der Waals surface area contributed by atoms with E-state index in [0.29, 0.717) is 26.2 Å². The zero-order valence-corrected chi connectivity index (χ0v) is 14.4. The Kier molecular flexibility index (Phi) is 6.76. The van der Waals surface area contributed by atoms with Gasteiger partial charge in [0.25, 0.3) is 0 Å². The van der Waals surface area contributed by atoms with E-state index in [1.165, 1.54) is 4.31 Å². The third-order valence-corrected chi connectivity index (χ3v) is 5.50. The molecule has 128 valence electrons. The van der Waals surface area contributed by atoms with Crippen molar-refractivity contribution in [1.82, 2.24) is 19.8 Å². The second-order valence-corrected chi connectivity index (χ2v) is 7.89. The van der Waals surface area contributed by atoms with Gasteiger partial charge in [0.1, 0.15) is 0 Å². The third-order valence-electron chi connectivity index (χ3n) is 3.62. The number of hydrogen-bond acceptors (Lipinski definition) is 5. The molecule has 0 aromatic carbocycles. The molecule has 1 unspecified atom stereocenters. The zero-order valence-electron chi connectivity index (χ0n) is 13.6. The van der Waals surface area contributed by atoms with E-state index >= 15 is 0 Å². The number of carbonyl (C=O) groups excluding carboxylic acids is 2. The van der Waals surface area contributed by atoms with Gasteiger partial charge in [-0.25, -0.2) is 13.2 Å². The summed E-state index contributed by atoms with van der Waals surface area (Å²) in [6.07, 6.45) is 0. The minimum atomic E-state index is -3.18. The number of imide groups is 1. The normalized spacial score (nSPS) is 19.0. The van der Waals surface area contributed by atoms with E-state index in [1.807, 2.05) is 4.90 Å². The van der Waals surface area contributed by atoms with Gasteiger partial charge >= 0.3 is 6.03 Å². The van der Waals surface area contributed by atoms with Crippen LogP contribution in [0.25, 0.3) is 0 Å². The zero-order chi connectivity index (χ0) is 16.9. The molecular formula is C13H26N4O4S. The largest absolute Gasteiger partial charge is 0.336 e. The molecular weight excluding hydrogens is 308 g/mol. The van der Waals surface area contributed by atoms with Crippen molar-refractivity contribution in [1.29, 1.82) is 0 Å². The van der Waals surface area contributed by atoms with Crippen molar-refractivity contribution in [3.05, 3.63) is 0 Å². The van der Waals surface area contributed by atoms with E-state index in [1.54, 1.807) is 27.7 Å². The Bertz CT molecular complexity index is 498. The highest BCUT2D eigenvalue weighted by Crippen LogP contribution is 2.10. The molecule has 22 heavy (non-hydrogen) atoms. The van der Waals surface area contributed by atoms with Crippen molar-refractivity contribution >= 4 is 22.0 Å². The summed E-state index contributed by atoms with van der Waals surface area (Å²) >= 11 is 0. The van der Waals surface area contributed by atoms with Crippen LogP contribution in [0, 0.1) is 0 Å². The van der Waals surface area contributed by atoms with E-state index in [2.05, 4.69) is 10.6 Å². The molecule has 1 rings (SSSR count). The number of carbonyl (C=O) groups is 2. The highest BCUT2D eigenvalue weighted by Gasteiger charge is 2.30. The van der Waals surface area contributed by atoms with Crippen LogP contribution in [0.2, 0.25) is 0 Å². The molecule has 1 aliphatic rings. The predicted molar refractivity (Wildman–Crippen MR) is 83.9 cm³/mol. The van der Waals surface area contributed by atoms with E-state index in [9.17, 15) is 18.0 Å². The first kappa shape index (κ1) is 18.9. The lowest BCUT2D eigenvalue weighted by Gasteiger charge is -2.36. The Hall–Kier alpha value is -1.19. The average Bonchev–Trinajstić information content (AvgIpc) is 2.45. The van der Waals surface area contributed by atoms with Crippen LogP contribution in [0.4, 0.5) is 4.79 Å². The molecule has 0 aromatic heterocycles. The molecule has 1 heterocycles. The van der Waals surface area contributed by atoms with Gasteiger partial charge in [-0.05, 0) is 27.7 Å². The van der Waals surface area contributed by atoms with Gasteiger partial charge in [-0.1, -0.05) is 0 Å². The molecule has 1 aliphatic heterocycles. The number of rotatable bonds is 5. The van der Waals surface area contributed by atoms with Gasteiger partial charge in [-0.2, -0.15) is 4.31 Å². The monoisotopic (exact) mass is 334 g/mol. The minimum absolute atomic E-state index is 0.0501. The molecule has 0 aromatic rings. The van der Waals surface area contributed by atoms with Crippen LogP contribution in [-0.4, -0.2) is 73.6 Å². The maximum absolute atomic E-state index is 12.0. The highest BCUT2D eigenvalue weighted by molar-refractivity contribution is 7.89. The number of urea groups is 1. The summed E-state index contributed by atoms with van der Waals surface area (Å²) in [5.74, 6) is -0.303. The molecule has 9 heteroatoms. The summed E-state index contributed by atoms with van der Waals surface area (Å²) in [7, 11) is -3.18. The van der Waals surface area contributed by atoms with Crippen LogP contribution in [-0.2, 0) is 14.8 Å². The van der Waals surface area contributed by atoms with Gasteiger partial charge in [-0.15, -0.1) is 0 Å². The highest BCUT2D eigenvalue weighted by atomic mass is 32.2. The van der Waals surface area contributed by atoms with E-state index in [-0.39, 0.29) is 17.7 Å². The van der Waals surface area contributed by atoms with Gasteiger partial charge < -0.3 is 5.32 Å². The fourth-order valence-corrected chi connectivity index (χ4v) is 3.32. The van der Waals surface area contributed by atoms with Gasteiger partial charge in [0.15, 0.2) is 0 Å². The quantitative estimate of drug-likeness (QED) is 0.711. The van der Waals surface area contributed by atoms with Crippen molar-refractivity contribution in [2.24, 2.45) is 0 Å². The summed E-state index contributed by atoms with van der Waals surface area (Å²) < 4.78 is 25.0. The maximum atomic E-state index is 12.0. The van der Waals surface area contributed by atoms with Gasteiger partial charge in [0, 0.05) is 32.2 Å². The average molecular weight is 334 g/mol. The van der Waals surface area contributed by atoms with E-state index in [0.717, 1.165) is 0 Å². The SMILES string of the molecule is CCS(=O)(=O)N1CCN(C(C)C(=O)NC(=O)NC(C)C)CC1. The van der Waals surface area contributed by atoms with Crippen molar-refractivity contribution in [2.75, 3.05) is 31.9 Å². The molecule has 2 N–H and O–H groups in total. The molecule has 0 aliphatic carbocycles. The smallest absolute Gasteiger partial charge is 0.321 e. The van der Waals surface area contributed by atoms with Gasteiger partial charge in [0.05, 0.1) is 11.8 Å². The van der Waals surface area contributed by atoms with Gasteiger partial charge in [0.2, 0.25) is 15.9 Å². The molecule has 0 radical (unpaired) electrons. The molecule has 1 fully saturated rings. The number of nitrogens with zero attached hydrogens (tertiary/aromatic N) is 2. The van der Waals surface area contributed by atoms with Crippen LogP contribution in [0.3, 0.4) is 0 Å². The number of hydrogen-bond donors (Lipinski definition) is 2. The summed E-state index contributed by atoms with van der Waals surface area (Å²) in [5.41, 5.74) is 0. The molecule has 0 saturated carbocycles. The Labute approximate surface area is 132 Å². The minimum Gasteiger partial charge on any atom is -0.336 e. The van der Waals surface area contributed by atoms with E-state index in [4.69, 9.17) is 0 Å². The van der Waals surface area contributed by atoms with Crippen molar-refractivity contribution in [2.45, 2.75) is 39.8 Å². The topological polar surface area (TPSA) is 98.8 Å². The molecule has 0 bridgehead atoms. The Balaban J connectivity index is 2.50. The standard InChI is InChI=1S/C13H26N4O4S/c1-5-22(20,21)17-8-6-16(7-9-17)11(4)12(18)15-13(19)14-10(2)3/h10-11H,5-9H2,1-4H3,(H2,14,15,18,19). The third kappa shape index (κ3) is 5.22. The number of amides is 3. The second kappa shape index (κ2) is 7.89. The Morgan fingerprint density at radius 2 is 1.64 bits per heavy atom. The van der Waals surface area contributed by atoms with Crippen LogP contribution in [0.5, 0.6) is 0 Å². The van der Waals surface area contributed by atoms with Crippen LogP contribution in [0.1, 0.15) is 27.7 Å². The Morgan fingerprint density at radius 1 is 1.09 bits per heavy atom. The number of piperazine rings is 1. The molecule has 0 spiro atoms. The number of sulfonamides is 1. The fraction of sp³-hybridized carbons (Fsp3) is 0.846. The summed E-state index contributed by atoms with van der Waals surface area (Å²) in [6.45, 7) is 8.62. The first-order valence-electron chi connectivity index (χ1n) is 7.50. The first-order chi connectivity index (χ1) is 10.2. The lowest BCUT2D eigenvalue weighted by Crippen LogP contribution is -2.56. The van der Waals surface area contributed by atoms with Crippen LogP contribution >= 0.6 is 0 Å². The molecule has 1 saturated heterocycles. The summed E-state index contributed by atoms with van der Waals surface area (Å²) in [5, 5.41) is 4.89. The van der Waals surface area contributed by atoms with Crippen LogP contribution in [0.15, 0.2) is 0 Å². The van der Waals surface area contributed by atoms with Gasteiger partial charge in [-0.3, -0.25) is 15.0 Å². The predicted octanol–water partition coefficient (Wildman–Crippen LogP) is -0.424.